The molecule has 170 valence electrons. The molecule has 0 bridgehead atoms. The van der Waals surface area contributed by atoms with E-state index in [1.165, 1.54) is 30.3 Å². The molecule has 3 aromatic carbocycles. The van der Waals surface area contributed by atoms with Gasteiger partial charge in [0.25, 0.3) is 5.91 Å². The van der Waals surface area contributed by atoms with Crippen LogP contribution in [0.25, 0.3) is 0 Å². The largest absolute Gasteiger partial charge is 0.478 e. The molecule has 3 aromatic rings. The zero-order chi connectivity index (χ0) is 23.8. The Morgan fingerprint density at radius 1 is 0.939 bits per heavy atom. The van der Waals surface area contributed by atoms with E-state index in [9.17, 15) is 23.1 Å². The highest BCUT2D eigenvalue weighted by atomic mass is 79.9. The molecule has 0 aliphatic heterocycles. The van der Waals surface area contributed by atoms with Gasteiger partial charge in [0.15, 0.2) is 0 Å². The van der Waals surface area contributed by atoms with E-state index in [-0.39, 0.29) is 27.8 Å². The molecule has 7 nitrogen and oxygen atoms in total. The maximum Gasteiger partial charge on any atom is 0.337 e. The summed E-state index contributed by atoms with van der Waals surface area (Å²) < 4.78 is 29.8. The van der Waals surface area contributed by atoms with Crippen molar-refractivity contribution in [3.8, 4) is 0 Å². The molecular weight excluding hydrogens is 576 g/mol. The first-order valence-electron chi connectivity index (χ1n) is 9.87. The first-order valence-corrected chi connectivity index (χ1v) is 12.9. The lowest BCUT2D eigenvalue weighted by Crippen LogP contribution is -2.35. The van der Waals surface area contributed by atoms with Gasteiger partial charge in [-0.15, -0.1) is 0 Å². The molecule has 0 unspecified atom stereocenters. The zero-order valence-corrected chi connectivity index (χ0v) is 21.0. The molecule has 0 atom stereocenters. The first kappa shape index (κ1) is 23.6. The molecule has 0 aromatic heterocycles. The van der Waals surface area contributed by atoms with Crippen LogP contribution in [0.1, 0.15) is 31.8 Å². The molecule has 10 heteroatoms. The minimum atomic E-state index is -3.93. The number of carboxylic acid groups (broad SMARTS) is 1. The molecule has 0 saturated carbocycles. The lowest BCUT2D eigenvalue weighted by Gasteiger charge is -2.15. The quantitative estimate of drug-likeness (QED) is 0.386. The van der Waals surface area contributed by atoms with Crippen molar-refractivity contribution in [1.29, 1.82) is 0 Å². The number of aromatic carboxylic acids is 1. The third-order valence-corrected chi connectivity index (χ3v) is 8.32. The number of anilines is 1. The van der Waals surface area contributed by atoms with E-state index in [1.54, 1.807) is 6.07 Å². The first-order chi connectivity index (χ1) is 15.6. The standard InChI is InChI=1S/C23H18Br2N2O5S/c24-16-6-8-20(18(12-16)23(29)30)26-22(28)15-5-7-19(25)21(11-15)33(31,32)27-17-9-13-3-1-2-4-14(13)10-17/h1-8,11-12,17,27H,9-10H2,(H,26,28)(H,29,30). The lowest BCUT2D eigenvalue weighted by atomic mass is 10.1. The second-order valence-electron chi connectivity index (χ2n) is 7.59. The monoisotopic (exact) mass is 592 g/mol. The Morgan fingerprint density at radius 3 is 2.24 bits per heavy atom. The van der Waals surface area contributed by atoms with Gasteiger partial charge in [0.05, 0.1) is 16.1 Å². The average molecular weight is 594 g/mol. The van der Waals surface area contributed by atoms with E-state index >= 15 is 0 Å². The van der Waals surface area contributed by atoms with Crippen LogP contribution in [0.4, 0.5) is 5.69 Å². The zero-order valence-electron chi connectivity index (χ0n) is 17.0. The molecule has 0 spiro atoms. The van der Waals surface area contributed by atoms with Crippen molar-refractivity contribution in [3.05, 3.63) is 91.9 Å². The van der Waals surface area contributed by atoms with Crippen LogP contribution in [-0.2, 0) is 22.9 Å². The highest BCUT2D eigenvalue weighted by Crippen LogP contribution is 2.28. The van der Waals surface area contributed by atoms with E-state index in [2.05, 4.69) is 41.9 Å². The Hall–Kier alpha value is -2.53. The van der Waals surface area contributed by atoms with Gasteiger partial charge in [-0.05, 0) is 76.3 Å². The van der Waals surface area contributed by atoms with Crippen molar-refractivity contribution in [2.45, 2.75) is 23.8 Å². The van der Waals surface area contributed by atoms with Crippen molar-refractivity contribution in [2.75, 3.05) is 5.32 Å². The van der Waals surface area contributed by atoms with Crippen LogP contribution < -0.4 is 10.0 Å². The fourth-order valence-corrected chi connectivity index (χ4v) is 6.36. The molecule has 0 radical (unpaired) electrons. The van der Waals surface area contributed by atoms with Crippen LogP contribution in [0.2, 0.25) is 0 Å². The molecule has 0 saturated heterocycles. The summed E-state index contributed by atoms with van der Waals surface area (Å²) in [6.45, 7) is 0. The molecular formula is C23H18Br2N2O5S. The molecule has 4 rings (SSSR count). The van der Waals surface area contributed by atoms with Gasteiger partial charge in [0, 0.05) is 20.6 Å². The normalized spacial score (nSPS) is 13.5. The Balaban J connectivity index is 1.57. The van der Waals surface area contributed by atoms with Crippen molar-refractivity contribution in [1.82, 2.24) is 4.72 Å². The predicted molar refractivity (Wildman–Crippen MR) is 131 cm³/mol. The molecule has 0 fully saturated rings. The summed E-state index contributed by atoms with van der Waals surface area (Å²) in [7, 11) is -3.93. The summed E-state index contributed by atoms with van der Waals surface area (Å²) in [6, 6.07) is 16.2. The number of hydrogen-bond donors (Lipinski definition) is 3. The van der Waals surface area contributed by atoms with Gasteiger partial charge in [0.2, 0.25) is 10.0 Å². The Bertz CT molecular complexity index is 1350. The molecule has 1 amide bonds. The summed E-state index contributed by atoms with van der Waals surface area (Å²) in [5, 5.41) is 11.9. The number of carboxylic acids is 1. The number of rotatable bonds is 6. The van der Waals surface area contributed by atoms with Gasteiger partial charge in [0.1, 0.15) is 0 Å². The number of carbonyl (C=O) groups excluding carboxylic acids is 1. The Morgan fingerprint density at radius 2 is 1.61 bits per heavy atom. The van der Waals surface area contributed by atoms with Gasteiger partial charge in [-0.1, -0.05) is 40.2 Å². The van der Waals surface area contributed by atoms with Gasteiger partial charge >= 0.3 is 5.97 Å². The topological polar surface area (TPSA) is 113 Å². The average Bonchev–Trinajstić information content (AvgIpc) is 3.16. The van der Waals surface area contributed by atoms with Crippen LogP contribution in [0.3, 0.4) is 0 Å². The lowest BCUT2D eigenvalue weighted by molar-refractivity contribution is 0.0698. The fraction of sp³-hybridized carbons (Fsp3) is 0.130. The number of fused-ring (bicyclic) bond motifs is 1. The summed E-state index contributed by atoms with van der Waals surface area (Å²) in [5.41, 5.74) is 2.31. The maximum absolute atomic E-state index is 13.1. The predicted octanol–water partition coefficient (Wildman–Crippen LogP) is 4.61. The van der Waals surface area contributed by atoms with Crippen LogP contribution in [-0.4, -0.2) is 31.4 Å². The molecule has 33 heavy (non-hydrogen) atoms. The van der Waals surface area contributed by atoms with E-state index in [4.69, 9.17) is 0 Å². The fourth-order valence-electron chi connectivity index (χ4n) is 3.77. The van der Waals surface area contributed by atoms with Gasteiger partial charge in [-0.2, -0.15) is 0 Å². The third kappa shape index (κ3) is 5.19. The van der Waals surface area contributed by atoms with Gasteiger partial charge in [-0.3, -0.25) is 4.79 Å². The highest BCUT2D eigenvalue weighted by Gasteiger charge is 2.28. The smallest absolute Gasteiger partial charge is 0.337 e. The highest BCUT2D eigenvalue weighted by molar-refractivity contribution is 9.10. The Kier molecular flexibility index (Phi) is 6.71. The third-order valence-electron chi connectivity index (χ3n) is 5.32. The summed E-state index contributed by atoms with van der Waals surface area (Å²) in [4.78, 5) is 24.2. The SMILES string of the molecule is O=C(Nc1ccc(Br)cc1C(=O)O)c1ccc(Br)c(S(=O)(=O)NC2Cc3ccccc3C2)c1. The van der Waals surface area contributed by atoms with Crippen LogP contribution in [0.5, 0.6) is 0 Å². The number of sulfonamides is 1. The number of nitrogens with one attached hydrogen (secondary N) is 2. The van der Waals surface area contributed by atoms with Gasteiger partial charge in [-0.25, -0.2) is 17.9 Å². The van der Waals surface area contributed by atoms with Crippen LogP contribution >= 0.6 is 31.9 Å². The summed E-state index contributed by atoms with van der Waals surface area (Å²) in [5.74, 6) is -1.83. The summed E-state index contributed by atoms with van der Waals surface area (Å²) >= 11 is 6.47. The molecule has 3 N–H and O–H groups in total. The van der Waals surface area contributed by atoms with Crippen LogP contribution in [0.15, 0.2) is 74.5 Å². The minimum Gasteiger partial charge on any atom is -0.478 e. The van der Waals surface area contributed by atoms with E-state index in [0.717, 1.165) is 11.1 Å². The number of hydrogen-bond acceptors (Lipinski definition) is 4. The van der Waals surface area contributed by atoms with Crippen molar-refractivity contribution in [3.63, 3.8) is 0 Å². The number of amides is 1. The van der Waals surface area contributed by atoms with E-state index in [1.807, 2.05) is 24.3 Å². The number of carbonyl (C=O) groups is 2. The number of benzene rings is 3. The van der Waals surface area contributed by atoms with Crippen molar-refractivity contribution < 1.29 is 23.1 Å². The second kappa shape index (κ2) is 9.38. The maximum atomic E-state index is 13.1. The molecule has 1 aliphatic rings. The van der Waals surface area contributed by atoms with Crippen LogP contribution in [0, 0.1) is 0 Å². The minimum absolute atomic E-state index is 0.0691. The molecule has 1 aliphatic carbocycles. The van der Waals surface area contributed by atoms with Crippen molar-refractivity contribution >= 4 is 59.4 Å². The molecule has 0 heterocycles. The summed E-state index contributed by atoms with van der Waals surface area (Å²) in [6.07, 6.45) is 1.18. The van der Waals surface area contributed by atoms with Crippen molar-refractivity contribution in [2.24, 2.45) is 0 Å². The van der Waals surface area contributed by atoms with E-state index in [0.29, 0.717) is 21.8 Å². The van der Waals surface area contributed by atoms with Gasteiger partial charge < -0.3 is 10.4 Å². The van der Waals surface area contributed by atoms with E-state index < -0.39 is 21.9 Å². The Labute approximate surface area is 207 Å². The second-order valence-corrected chi connectivity index (χ2v) is 11.0. The number of halogens is 2.